The molecule has 0 saturated carbocycles. The number of carbonyl (C=O) groups excluding carboxylic acids is 1. The molecule has 1 fully saturated rings. The fourth-order valence-electron chi connectivity index (χ4n) is 2.04. The van der Waals surface area contributed by atoms with E-state index in [1.807, 2.05) is 11.8 Å². The Morgan fingerprint density at radius 3 is 2.79 bits per heavy atom. The lowest BCUT2D eigenvalue weighted by atomic mass is 10.2. The van der Waals surface area contributed by atoms with Crippen molar-refractivity contribution in [1.29, 1.82) is 0 Å². The van der Waals surface area contributed by atoms with E-state index in [2.05, 4.69) is 11.8 Å². The SMILES string of the molecule is CCN1C(=O)CN(CCCN)CC1C. The Bertz CT molecular complexity index is 196. The topological polar surface area (TPSA) is 49.6 Å². The van der Waals surface area contributed by atoms with Crippen LogP contribution >= 0.6 is 0 Å². The van der Waals surface area contributed by atoms with Crippen LogP contribution in [0.2, 0.25) is 0 Å². The highest BCUT2D eigenvalue weighted by Crippen LogP contribution is 2.10. The van der Waals surface area contributed by atoms with Crippen molar-refractivity contribution in [2.24, 2.45) is 5.73 Å². The highest BCUT2D eigenvalue weighted by atomic mass is 16.2. The van der Waals surface area contributed by atoms with Crippen LogP contribution in [0.25, 0.3) is 0 Å². The zero-order valence-electron chi connectivity index (χ0n) is 9.20. The molecule has 0 bridgehead atoms. The van der Waals surface area contributed by atoms with E-state index in [4.69, 9.17) is 5.73 Å². The van der Waals surface area contributed by atoms with Crippen molar-refractivity contribution in [3.8, 4) is 0 Å². The van der Waals surface area contributed by atoms with E-state index in [0.717, 1.165) is 26.1 Å². The Labute approximate surface area is 86.0 Å². The lowest BCUT2D eigenvalue weighted by Crippen LogP contribution is -2.55. The Hall–Kier alpha value is -0.610. The average molecular weight is 199 g/mol. The summed E-state index contributed by atoms with van der Waals surface area (Å²) in [6, 6.07) is 0.346. The fourth-order valence-corrected chi connectivity index (χ4v) is 2.04. The number of piperazine rings is 1. The maximum absolute atomic E-state index is 11.7. The number of amides is 1. The van der Waals surface area contributed by atoms with Gasteiger partial charge in [-0.1, -0.05) is 0 Å². The van der Waals surface area contributed by atoms with Crippen molar-refractivity contribution >= 4 is 5.91 Å². The third kappa shape index (κ3) is 2.69. The number of carbonyl (C=O) groups is 1. The predicted octanol–water partition coefficient (Wildman–Crippen LogP) is -0.112. The Kier molecular flexibility index (Phi) is 4.35. The summed E-state index contributed by atoms with van der Waals surface area (Å²) >= 11 is 0. The van der Waals surface area contributed by atoms with Crippen LogP contribution < -0.4 is 5.73 Å². The van der Waals surface area contributed by atoms with E-state index in [1.165, 1.54) is 0 Å². The third-order valence-corrected chi connectivity index (χ3v) is 2.75. The van der Waals surface area contributed by atoms with Crippen LogP contribution in [0.1, 0.15) is 20.3 Å². The minimum absolute atomic E-state index is 0.253. The molecule has 0 aromatic heterocycles. The molecule has 1 heterocycles. The summed E-state index contributed by atoms with van der Waals surface area (Å²) in [4.78, 5) is 15.8. The van der Waals surface area contributed by atoms with Gasteiger partial charge in [0.1, 0.15) is 0 Å². The van der Waals surface area contributed by atoms with Crippen molar-refractivity contribution < 1.29 is 4.79 Å². The highest BCUT2D eigenvalue weighted by Gasteiger charge is 2.27. The van der Waals surface area contributed by atoms with Crippen LogP contribution in [0.5, 0.6) is 0 Å². The molecule has 1 aliphatic heterocycles. The molecule has 0 aromatic carbocycles. The van der Waals surface area contributed by atoms with Gasteiger partial charge in [0.25, 0.3) is 0 Å². The van der Waals surface area contributed by atoms with E-state index >= 15 is 0 Å². The molecule has 1 unspecified atom stereocenters. The summed E-state index contributed by atoms with van der Waals surface area (Å²) in [5, 5.41) is 0. The molecule has 1 saturated heterocycles. The molecule has 2 N–H and O–H groups in total. The molecular formula is C10H21N3O. The van der Waals surface area contributed by atoms with Gasteiger partial charge in [-0.05, 0) is 33.4 Å². The number of rotatable bonds is 4. The van der Waals surface area contributed by atoms with Crippen LogP contribution in [0.4, 0.5) is 0 Å². The summed E-state index contributed by atoms with van der Waals surface area (Å²) in [7, 11) is 0. The molecule has 1 atom stereocenters. The van der Waals surface area contributed by atoms with Crippen LogP contribution in [0, 0.1) is 0 Å². The molecule has 1 aliphatic rings. The molecule has 4 heteroatoms. The van der Waals surface area contributed by atoms with E-state index in [0.29, 0.717) is 19.1 Å². The number of likely N-dealkylation sites (N-methyl/N-ethyl adjacent to an activating group) is 1. The highest BCUT2D eigenvalue weighted by molar-refractivity contribution is 5.79. The molecule has 4 nitrogen and oxygen atoms in total. The summed E-state index contributed by atoms with van der Waals surface area (Å²) < 4.78 is 0. The van der Waals surface area contributed by atoms with Gasteiger partial charge in [0.2, 0.25) is 5.91 Å². The van der Waals surface area contributed by atoms with E-state index in [1.54, 1.807) is 0 Å². The first kappa shape index (κ1) is 11.5. The molecule has 0 aliphatic carbocycles. The number of nitrogens with zero attached hydrogens (tertiary/aromatic N) is 2. The second kappa shape index (κ2) is 5.32. The van der Waals surface area contributed by atoms with Crippen LogP contribution in [0.15, 0.2) is 0 Å². The lowest BCUT2D eigenvalue weighted by Gasteiger charge is -2.38. The molecule has 0 radical (unpaired) electrons. The maximum atomic E-state index is 11.7. The first-order chi connectivity index (χ1) is 6.69. The van der Waals surface area contributed by atoms with E-state index in [-0.39, 0.29) is 5.91 Å². The van der Waals surface area contributed by atoms with Crippen molar-refractivity contribution in [3.05, 3.63) is 0 Å². The quantitative estimate of drug-likeness (QED) is 0.687. The number of hydrogen-bond acceptors (Lipinski definition) is 3. The van der Waals surface area contributed by atoms with Gasteiger partial charge in [0.05, 0.1) is 6.54 Å². The van der Waals surface area contributed by atoms with Crippen molar-refractivity contribution in [1.82, 2.24) is 9.80 Å². The van der Waals surface area contributed by atoms with E-state index < -0.39 is 0 Å². The molecule has 0 spiro atoms. The largest absolute Gasteiger partial charge is 0.338 e. The lowest BCUT2D eigenvalue weighted by molar-refractivity contribution is -0.138. The van der Waals surface area contributed by atoms with Crippen molar-refractivity contribution in [2.75, 3.05) is 32.7 Å². The zero-order valence-corrected chi connectivity index (χ0v) is 9.20. The second-order valence-electron chi connectivity index (χ2n) is 3.91. The normalized spacial score (nSPS) is 24.4. The van der Waals surface area contributed by atoms with Gasteiger partial charge in [-0.15, -0.1) is 0 Å². The second-order valence-corrected chi connectivity index (χ2v) is 3.91. The first-order valence-corrected chi connectivity index (χ1v) is 5.41. The minimum Gasteiger partial charge on any atom is -0.338 e. The van der Waals surface area contributed by atoms with Gasteiger partial charge < -0.3 is 10.6 Å². The van der Waals surface area contributed by atoms with Crippen molar-refractivity contribution in [2.45, 2.75) is 26.3 Å². The number of hydrogen-bond donors (Lipinski definition) is 1. The van der Waals surface area contributed by atoms with Crippen LogP contribution in [-0.2, 0) is 4.79 Å². The average Bonchev–Trinajstić information content (AvgIpc) is 2.14. The Morgan fingerprint density at radius 1 is 1.57 bits per heavy atom. The van der Waals surface area contributed by atoms with Crippen LogP contribution in [-0.4, -0.2) is 54.5 Å². The Morgan fingerprint density at radius 2 is 2.29 bits per heavy atom. The Balaban J connectivity index is 2.43. The monoisotopic (exact) mass is 199 g/mol. The summed E-state index contributed by atoms with van der Waals surface area (Å²) in [6.07, 6.45) is 0.978. The maximum Gasteiger partial charge on any atom is 0.237 e. The molecule has 1 amide bonds. The first-order valence-electron chi connectivity index (χ1n) is 5.41. The van der Waals surface area contributed by atoms with Crippen LogP contribution in [0.3, 0.4) is 0 Å². The molecular weight excluding hydrogens is 178 g/mol. The zero-order chi connectivity index (χ0) is 10.6. The van der Waals surface area contributed by atoms with Gasteiger partial charge in [-0.2, -0.15) is 0 Å². The molecule has 0 aromatic rings. The molecule has 14 heavy (non-hydrogen) atoms. The third-order valence-electron chi connectivity index (χ3n) is 2.75. The predicted molar refractivity (Wildman–Crippen MR) is 57.0 cm³/mol. The molecule has 82 valence electrons. The standard InChI is InChI=1S/C10H21N3O/c1-3-13-9(2)7-12(6-4-5-11)8-10(13)14/h9H,3-8,11H2,1-2H3. The van der Waals surface area contributed by atoms with Gasteiger partial charge in [-0.25, -0.2) is 0 Å². The summed E-state index contributed by atoms with van der Waals surface area (Å²) in [5.74, 6) is 0.253. The summed E-state index contributed by atoms with van der Waals surface area (Å²) in [6.45, 7) is 8.17. The van der Waals surface area contributed by atoms with Gasteiger partial charge in [0, 0.05) is 19.1 Å². The smallest absolute Gasteiger partial charge is 0.237 e. The number of nitrogens with two attached hydrogens (primary N) is 1. The van der Waals surface area contributed by atoms with Gasteiger partial charge in [-0.3, -0.25) is 9.69 Å². The fraction of sp³-hybridized carbons (Fsp3) is 0.900. The summed E-state index contributed by atoms with van der Waals surface area (Å²) in [5.41, 5.74) is 5.45. The minimum atomic E-state index is 0.253. The van der Waals surface area contributed by atoms with Gasteiger partial charge in [0.15, 0.2) is 0 Å². The van der Waals surface area contributed by atoms with E-state index in [9.17, 15) is 4.79 Å². The molecule has 1 rings (SSSR count). The van der Waals surface area contributed by atoms with Crippen molar-refractivity contribution in [3.63, 3.8) is 0 Å². The van der Waals surface area contributed by atoms with Gasteiger partial charge >= 0.3 is 0 Å².